The van der Waals surface area contributed by atoms with Crippen molar-refractivity contribution in [2.75, 3.05) is 7.11 Å². The highest BCUT2D eigenvalue weighted by molar-refractivity contribution is 6.24. The summed E-state index contributed by atoms with van der Waals surface area (Å²) in [5.41, 5.74) is -3.60. The second-order valence-corrected chi connectivity index (χ2v) is 6.07. The van der Waals surface area contributed by atoms with Gasteiger partial charge in [0.05, 0.1) is 11.1 Å². The predicted octanol–water partition coefficient (Wildman–Crippen LogP) is -0.121. The summed E-state index contributed by atoms with van der Waals surface area (Å²) >= 11 is 0. The summed E-state index contributed by atoms with van der Waals surface area (Å²) in [4.78, 5) is 24.1. The molecule has 8 nitrogen and oxygen atoms in total. The van der Waals surface area contributed by atoms with Gasteiger partial charge in [0, 0.05) is 18.2 Å². The number of hydrogen-bond donors (Lipinski definition) is 5. The molecule has 0 saturated heterocycles. The number of aliphatic hydroxyl groups is 3. The lowest BCUT2D eigenvalue weighted by Gasteiger charge is -2.44. The highest BCUT2D eigenvalue weighted by Gasteiger charge is 2.53. The van der Waals surface area contributed by atoms with Crippen LogP contribution >= 0.6 is 0 Å². The van der Waals surface area contributed by atoms with E-state index in [1.165, 1.54) is 7.11 Å². The van der Waals surface area contributed by atoms with Crippen molar-refractivity contribution in [1.82, 2.24) is 0 Å². The first kappa shape index (κ1) is 16.6. The maximum Gasteiger partial charge on any atom is 0.190 e. The van der Waals surface area contributed by atoms with E-state index in [-0.39, 0.29) is 11.1 Å². The van der Waals surface area contributed by atoms with Gasteiger partial charge in [-0.2, -0.15) is 0 Å². The Hall–Kier alpha value is -2.26. The molecule has 128 valence electrons. The minimum Gasteiger partial charge on any atom is -0.507 e. The van der Waals surface area contributed by atoms with Gasteiger partial charge in [-0.25, -0.2) is 0 Å². The maximum absolute atomic E-state index is 12.0. The van der Waals surface area contributed by atoms with E-state index in [0.29, 0.717) is 0 Å². The third kappa shape index (κ3) is 1.88. The van der Waals surface area contributed by atoms with Gasteiger partial charge in [0.15, 0.2) is 11.6 Å². The van der Waals surface area contributed by atoms with E-state index in [4.69, 9.17) is 4.74 Å². The number of phenolic OH excluding ortho intramolecular Hbond substituents is 2. The van der Waals surface area contributed by atoms with Crippen LogP contribution in [0, 0.1) is 0 Å². The maximum atomic E-state index is 12.0. The van der Waals surface area contributed by atoms with E-state index in [0.717, 1.165) is 19.1 Å². The van der Waals surface area contributed by atoms with Gasteiger partial charge >= 0.3 is 0 Å². The molecule has 0 saturated carbocycles. The van der Waals surface area contributed by atoms with E-state index in [1.54, 1.807) is 0 Å². The van der Waals surface area contributed by atoms with Gasteiger partial charge in [0.2, 0.25) is 0 Å². The molecule has 4 atom stereocenters. The number of phenols is 2. The summed E-state index contributed by atoms with van der Waals surface area (Å²) in [5, 5.41) is 52.0. The zero-order valence-electron chi connectivity index (χ0n) is 12.8. The Balaban J connectivity index is 2.44. The van der Waals surface area contributed by atoms with Crippen molar-refractivity contribution in [3.63, 3.8) is 0 Å². The number of carbonyl (C=O) groups excluding carboxylic acids is 2. The van der Waals surface area contributed by atoms with Crippen molar-refractivity contribution in [1.29, 1.82) is 0 Å². The summed E-state index contributed by atoms with van der Waals surface area (Å²) in [5.74, 6) is -2.85. The number of allylic oxidation sites excluding steroid dienone is 2. The number of aromatic hydroxyl groups is 2. The third-order valence-corrected chi connectivity index (χ3v) is 4.65. The highest BCUT2D eigenvalue weighted by atomic mass is 16.5. The van der Waals surface area contributed by atoms with Crippen LogP contribution in [-0.2, 0) is 4.74 Å². The van der Waals surface area contributed by atoms with Gasteiger partial charge in [0.1, 0.15) is 35.4 Å². The lowest BCUT2D eigenvalue weighted by atomic mass is 9.72. The van der Waals surface area contributed by atoms with E-state index in [2.05, 4.69) is 0 Å². The van der Waals surface area contributed by atoms with E-state index >= 15 is 0 Å². The van der Waals surface area contributed by atoms with Crippen LogP contribution in [0.4, 0.5) is 0 Å². The topological polar surface area (TPSA) is 145 Å². The molecule has 4 unspecified atom stereocenters. The molecule has 1 aromatic rings. The second-order valence-electron chi connectivity index (χ2n) is 6.07. The van der Waals surface area contributed by atoms with Crippen molar-refractivity contribution in [3.05, 3.63) is 34.4 Å². The molecular weight excluding hydrogens is 320 g/mol. The van der Waals surface area contributed by atoms with Gasteiger partial charge in [-0.15, -0.1) is 0 Å². The summed E-state index contributed by atoms with van der Waals surface area (Å²) in [7, 11) is 1.19. The molecule has 0 heterocycles. The Morgan fingerprint density at radius 3 is 1.92 bits per heavy atom. The molecule has 0 radical (unpaired) electrons. The van der Waals surface area contributed by atoms with Crippen LogP contribution < -0.4 is 0 Å². The van der Waals surface area contributed by atoms with Gasteiger partial charge in [0.25, 0.3) is 0 Å². The summed E-state index contributed by atoms with van der Waals surface area (Å²) in [6.45, 7) is 1.13. The Kier molecular flexibility index (Phi) is 3.54. The number of hydrogen-bond acceptors (Lipinski definition) is 8. The number of methoxy groups -OCH3 is 1. The Bertz CT molecular complexity index is 749. The SMILES string of the molecule is COC1c2c(O)c3c(c(O)c2C(O)C(C)(O)C1O)C(=O)C=CC3=O. The molecule has 0 aliphatic heterocycles. The van der Waals surface area contributed by atoms with E-state index < -0.39 is 58.1 Å². The van der Waals surface area contributed by atoms with Crippen LogP contribution in [-0.4, -0.2) is 55.9 Å². The fraction of sp³-hybridized carbons (Fsp3) is 0.375. The quantitative estimate of drug-likeness (QED) is 0.446. The Morgan fingerprint density at radius 1 is 1.00 bits per heavy atom. The fourth-order valence-electron chi connectivity index (χ4n) is 3.29. The van der Waals surface area contributed by atoms with E-state index in [1.807, 2.05) is 0 Å². The van der Waals surface area contributed by atoms with Gasteiger partial charge in [-0.05, 0) is 19.1 Å². The molecule has 2 aliphatic carbocycles. The van der Waals surface area contributed by atoms with E-state index in [9.17, 15) is 35.1 Å². The molecule has 24 heavy (non-hydrogen) atoms. The molecule has 5 N–H and O–H groups in total. The minimum atomic E-state index is -2.12. The molecule has 1 aromatic carbocycles. The molecular formula is C16H16O8. The molecule has 0 spiro atoms. The van der Waals surface area contributed by atoms with Crippen molar-refractivity contribution >= 4 is 11.6 Å². The highest BCUT2D eigenvalue weighted by Crippen LogP contribution is 2.53. The minimum absolute atomic E-state index is 0.239. The largest absolute Gasteiger partial charge is 0.507 e. The van der Waals surface area contributed by atoms with Crippen LogP contribution in [0.1, 0.15) is 51.0 Å². The van der Waals surface area contributed by atoms with Crippen LogP contribution in [0.15, 0.2) is 12.2 Å². The van der Waals surface area contributed by atoms with Crippen molar-refractivity contribution in [2.24, 2.45) is 0 Å². The number of carbonyl (C=O) groups is 2. The van der Waals surface area contributed by atoms with Crippen LogP contribution in [0.25, 0.3) is 0 Å². The Labute approximate surface area is 136 Å². The average molecular weight is 336 g/mol. The first-order valence-electron chi connectivity index (χ1n) is 7.14. The second kappa shape index (κ2) is 5.12. The number of ether oxygens (including phenoxy) is 1. The average Bonchev–Trinajstić information content (AvgIpc) is 2.52. The zero-order valence-corrected chi connectivity index (χ0v) is 12.8. The first-order chi connectivity index (χ1) is 11.1. The molecule has 8 heteroatoms. The molecule has 3 rings (SSSR count). The van der Waals surface area contributed by atoms with Gasteiger partial charge < -0.3 is 30.3 Å². The van der Waals surface area contributed by atoms with Crippen LogP contribution in [0.2, 0.25) is 0 Å². The lowest BCUT2D eigenvalue weighted by molar-refractivity contribution is -0.188. The Morgan fingerprint density at radius 2 is 1.46 bits per heavy atom. The summed E-state index contributed by atoms with van der Waals surface area (Å²) in [6, 6.07) is 0. The summed E-state index contributed by atoms with van der Waals surface area (Å²) in [6.07, 6.45) is -2.92. The van der Waals surface area contributed by atoms with Gasteiger partial charge in [-0.1, -0.05) is 0 Å². The molecule has 0 bridgehead atoms. The smallest absolute Gasteiger partial charge is 0.190 e. The van der Waals surface area contributed by atoms with Crippen molar-refractivity contribution < 1.29 is 39.9 Å². The monoisotopic (exact) mass is 336 g/mol. The first-order valence-corrected chi connectivity index (χ1v) is 7.14. The normalized spacial score (nSPS) is 31.8. The summed E-state index contributed by atoms with van der Waals surface area (Å²) < 4.78 is 5.10. The van der Waals surface area contributed by atoms with Gasteiger partial charge in [-0.3, -0.25) is 9.59 Å². The standard InChI is InChI=1S/C16H16O8/c1-16(23)14(21)10-9(13(24-2)15(16)22)11(19)7-5(17)3-4-6(18)8(7)12(10)20/h3-4,13-15,19-23H,1-2H3. The van der Waals surface area contributed by atoms with Crippen LogP contribution in [0.3, 0.4) is 0 Å². The number of ketones is 2. The fourth-order valence-corrected chi connectivity index (χ4v) is 3.29. The van der Waals surface area contributed by atoms with Crippen molar-refractivity contribution in [3.8, 4) is 11.5 Å². The third-order valence-electron chi connectivity index (χ3n) is 4.65. The predicted molar refractivity (Wildman–Crippen MR) is 78.9 cm³/mol. The number of rotatable bonds is 1. The zero-order chi connectivity index (χ0) is 18.0. The van der Waals surface area contributed by atoms with Crippen LogP contribution in [0.5, 0.6) is 11.5 Å². The lowest BCUT2D eigenvalue weighted by Crippen LogP contribution is -2.52. The molecule has 2 aliphatic rings. The van der Waals surface area contributed by atoms with Crippen molar-refractivity contribution in [2.45, 2.75) is 30.8 Å². The number of benzene rings is 1. The number of fused-ring (bicyclic) bond motifs is 2. The molecule has 0 fully saturated rings. The molecule has 0 aromatic heterocycles. The number of aliphatic hydroxyl groups excluding tert-OH is 2. The molecule has 0 amide bonds.